The van der Waals surface area contributed by atoms with E-state index in [1.165, 1.54) is 35.0 Å². The van der Waals surface area contributed by atoms with Crippen molar-refractivity contribution < 1.29 is 31.2 Å². The predicted molar refractivity (Wildman–Crippen MR) is 106 cm³/mol. The zero-order chi connectivity index (χ0) is 23.5. The molecule has 1 amide bonds. The smallest absolute Gasteiger partial charge is 0.292 e. The number of carbonyl (C=O) groups is 1. The lowest BCUT2D eigenvalue weighted by atomic mass is 10.2. The first-order valence-corrected chi connectivity index (χ1v) is 9.60. The molecule has 0 aliphatic rings. The average molecular weight is 465 g/mol. The third kappa shape index (κ3) is 5.27. The van der Waals surface area contributed by atoms with Crippen molar-refractivity contribution in [1.29, 1.82) is 0 Å². The van der Waals surface area contributed by atoms with E-state index in [1.54, 1.807) is 18.3 Å². The largest absolute Gasteiger partial charge is 0.454 e. The molecule has 33 heavy (non-hydrogen) atoms. The molecule has 0 aliphatic heterocycles. The lowest BCUT2D eigenvalue weighted by Gasteiger charge is -2.04. The average Bonchev–Trinajstić information content (AvgIpc) is 3.48. The Hall–Kier alpha value is -3.96. The van der Waals surface area contributed by atoms with Gasteiger partial charge < -0.3 is 9.73 Å². The van der Waals surface area contributed by atoms with E-state index in [9.17, 15) is 26.7 Å². The molecule has 4 rings (SSSR count). The van der Waals surface area contributed by atoms with Crippen LogP contribution < -0.4 is 5.32 Å². The van der Waals surface area contributed by atoms with Crippen LogP contribution in [0.5, 0.6) is 0 Å². The van der Waals surface area contributed by atoms with E-state index >= 15 is 0 Å². The summed E-state index contributed by atoms with van der Waals surface area (Å²) in [5.74, 6) is -0.877. The van der Waals surface area contributed by atoms with Gasteiger partial charge in [0.15, 0.2) is 11.6 Å². The number of nitrogens with one attached hydrogen (secondary N) is 1. The van der Waals surface area contributed by atoms with Gasteiger partial charge in [0, 0.05) is 12.3 Å². The number of hydrogen-bond donors (Lipinski definition) is 1. The van der Waals surface area contributed by atoms with E-state index in [1.807, 2.05) is 0 Å². The number of halogens is 5. The van der Waals surface area contributed by atoms with E-state index in [4.69, 9.17) is 4.42 Å². The lowest BCUT2D eigenvalue weighted by molar-refractivity contribution is 0.0993. The molecule has 0 aliphatic carbocycles. The van der Waals surface area contributed by atoms with Gasteiger partial charge >= 0.3 is 0 Å². The molecule has 0 saturated heterocycles. The highest BCUT2D eigenvalue weighted by atomic mass is 19.3. The van der Waals surface area contributed by atoms with Crippen molar-refractivity contribution in [1.82, 2.24) is 19.6 Å². The normalized spacial score (nSPS) is 11.5. The molecule has 3 heterocycles. The summed E-state index contributed by atoms with van der Waals surface area (Å²) in [4.78, 5) is 12.4. The van der Waals surface area contributed by atoms with Crippen molar-refractivity contribution in [2.75, 3.05) is 5.32 Å². The second kappa shape index (κ2) is 9.27. The SMILES string of the molecule is O=C(Nc1ccn(Cc2cccc(F)c2)n1)c1ccc(Cn2nc(C(F)F)cc2C(F)F)o1. The zero-order valence-corrected chi connectivity index (χ0v) is 16.8. The Kier molecular flexibility index (Phi) is 6.24. The molecule has 0 bridgehead atoms. The van der Waals surface area contributed by atoms with E-state index in [0.29, 0.717) is 16.3 Å². The van der Waals surface area contributed by atoms with Gasteiger partial charge in [-0.25, -0.2) is 22.0 Å². The summed E-state index contributed by atoms with van der Waals surface area (Å²) >= 11 is 0. The van der Waals surface area contributed by atoms with Crippen molar-refractivity contribution in [2.45, 2.75) is 25.9 Å². The lowest BCUT2D eigenvalue weighted by Crippen LogP contribution is -2.12. The summed E-state index contributed by atoms with van der Waals surface area (Å²) in [5.41, 5.74) is -0.774. The van der Waals surface area contributed by atoms with Gasteiger partial charge in [0.1, 0.15) is 23.0 Å². The van der Waals surface area contributed by atoms with Crippen molar-refractivity contribution in [3.8, 4) is 0 Å². The molecule has 1 aromatic carbocycles. The summed E-state index contributed by atoms with van der Waals surface area (Å²) in [6.07, 6.45) is -4.41. The zero-order valence-electron chi connectivity index (χ0n) is 16.8. The highest BCUT2D eigenvalue weighted by molar-refractivity contribution is 6.01. The number of rotatable bonds is 8. The Bertz CT molecular complexity index is 1260. The Morgan fingerprint density at radius 1 is 1.00 bits per heavy atom. The standard InChI is InChI=1S/C21H16F5N5O2/c22-13-3-1-2-12(8-13)10-30-7-6-18(29-30)27-21(32)17-5-4-14(33-17)11-31-16(20(25)26)9-15(28-31)19(23)24/h1-9,19-20H,10-11H2,(H,27,29,32). The van der Waals surface area contributed by atoms with E-state index in [-0.39, 0.29) is 36.2 Å². The van der Waals surface area contributed by atoms with Gasteiger partial charge in [-0.1, -0.05) is 12.1 Å². The maximum absolute atomic E-state index is 13.3. The molecule has 1 N–H and O–H groups in total. The highest BCUT2D eigenvalue weighted by Crippen LogP contribution is 2.26. The van der Waals surface area contributed by atoms with Crippen molar-refractivity contribution in [3.05, 3.63) is 89.0 Å². The molecule has 0 radical (unpaired) electrons. The van der Waals surface area contributed by atoms with Crippen LogP contribution in [0.25, 0.3) is 0 Å². The quantitative estimate of drug-likeness (QED) is 0.370. The van der Waals surface area contributed by atoms with Crippen LogP contribution in [0.4, 0.5) is 27.8 Å². The fourth-order valence-corrected chi connectivity index (χ4v) is 3.11. The van der Waals surface area contributed by atoms with Crippen LogP contribution >= 0.6 is 0 Å². The Labute approximate surface area is 183 Å². The molecule has 7 nitrogen and oxygen atoms in total. The first-order valence-electron chi connectivity index (χ1n) is 9.60. The minimum Gasteiger partial charge on any atom is -0.454 e. The Morgan fingerprint density at radius 2 is 1.82 bits per heavy atom. The van der Waals surface area contributed by atoms with Gasteiger partial charge in [-0.05, 0) is 35.9 Å². The van der Waals surface area contributed by atoms with Crippen LogP contribution in [0.1, 0.15) is 46.1 Å². The van der Waals surface area contributed by atoms with Crippen LogP contribution in [-0.2, 0) is 13.1 Å². The molecule has 12 heteroatoms. The number of anilines is 1. The molecular weight excluding hydrogens is 449 g/mol. The number of alkyl halides is 4. The molecule has 0 spiro atoms. The fourth-order valence-electron chi connectivity index (χ4n) is 3.11. The summed E-state index contributed by atoms with van der Waals surface area (Å²) in [7, 11) is 0. The third-order valence-electron chi connectivity index (χ3n) is 4.58. The number of aromatic nitrogens is 4. The summed E-state index contributed by atoms with van der Waals surface area (Å²) in [6.45, 7) is -0.0720. The van der Waals surface area contributed by atoms with E-state index in [2.05, 4.69) is 15.5 Å². The van der Waals surface area contributed by atoms with Gasteiger partial charge in [0.2, 0.25) is 0 Å². The van der Waals surface area contributed by atoms with Crippen LogP contribution in [0, 0.1) is 5.82 Å². The predicted octanol–water partition coefficient (Wildman–Crippen LogP) is 5.04. The van der Waals surface area contributed by atoms with Crippen LogP contribution in [0.2, 0.25) is 0 Å². The molecule has 172 valence electrons. The minimum absolute atomic E-state index is 0.0719. The Balaban J connectivity index is 1.41. The van der Waals surface area contributed by atoms with E-state index in [0.717, 1.165) is 0 Å². The maximum Gasteiger partial charge on any atom is 0.292 e. The summed E-state index contributed by atoms with van der Waals surface area (Å²) in [6, 6.07) is 10.8. The molecule has 4 aromatic rings. The van der Waals surface area contributed by atoms with Crippen molar-refractivity contribution >= 4 is 11.7 Å². The summed E-state index contributed by atoms with van der Waals surface area (Å²) in [5, 5.41) is 10.2. The van der Waals surface area contributed by atoms with Crippen LogP contribution in [-0.4, -0.2) is 25.5 Å². The number of benzene rings is 1. The molecule has 3 aromatic heterocycles. The number of furan rings is 1. The monoisotopic (exact) mass is 465 g/mol. The number of hydrogen-bond acceptors (Lipinski definition) is 4. The number of carbonyl (C=O) groups excluding carboxylic acids is 1. The number of nitrogens with zero attached hydrogens (tertiary/aromatic N) is 4. The van der Waals surface area contributed by atoms with Crippen molar-refractivity contribution in [3.63, 3.8) is 0 Å². The molecule has 0 unspecified atom stereocenters. The molecule has 0 saturated carbocycles. The van der Waals surface area contributed by atoms with Gasteiger partial charge in [-0.2, -0.15) is 10.2 Å². The second-order valence-corrected chi connectivity index (χ2v) is 7.00. The van der Waals surface area contributed by atoms with Crippen LogP contribution in [0.3, 0.4) is 0 Å². The Morgan fingerprint density at radius 3 is 2.55 bits per heavy atom. The topological polar surface area (TPSA) is 77.9 Å². The second-order valence-electron chi connectivity index (χ2n) is 7.00. The van der Waals surface area contributed by atoms with Gasteiger partial charge in [0.05, 0.1) is 13.1 Å². The van der Waals surface area contributed by atoms with Crippen LogP contribution in [0.15, 0.2) is 59.1 Å². The third-order valence-corrected chi connectivity index (χ3v) is 4.58. The summed E-state index contributed by atoms with van der Waals surface area (Å²) < 4.78 is 72.7. The number of amides is 1. The first-order chi connectivity index (χ1) is 15.8. The highest BCUT2D eigenvalue weighted by Gasteiger charge is 2.22. The molecule has 0 fully saturated rings. The maximum atomic E-state index is 13.3. The van der Waals surface area contributed by atoms with Gasteiger partial charge in [0.25, 0.3) is 18.8 Å². The fraction of sp³-hybridized carbons (Fsp3) is 0.190. The van der Waals surface area contributed by atoms with E-state index < -0.39 is 30.1 Å². The van der Waals surface area contributed by atoms with Gasteiger partial charge in [-0.3, -0.25) is 14.2 Å². The minimum atomic E-state index is -3.01. The van der Waals surface area contributed by atoms with Gasteiger partial charge in [-0.15, -0.1) is 0 Å². The van der Waals surface area contributed by atoms with Crippen molar-refractivity contribution in [2.24, 2.45) is 0 Å². The molecular formula is C21H16F5N5O2. The molecule has 0 atom stereocenters. The first kappa shape index (κ1) is 22.2.